The van der Waals surface area contributed by atoms with Crippen molar-refractivity contribution in [3.8, 4) is 5.75 Å². The maximum atomic E-state index is 12.4. The summed E-state index contributed by atoms with van der Waals surface area (Å²) in [5.74, 6) is 1.54. The molecule has 4 aromatic rings. The summed E-state index contributed by atoms with van der Waals surface area (Å²) in [5.41, 5.74) is 4.25. The highest BCUT2D eigenvalue weighted by atomic mass is 16.5. The van der Waals surface area contributed by atoms with Gasteiger partial charge < -0.3 is 14.6 Å². The minimum atomic E-state index is -0.150. The first-order chi connectivity index (χ1) is 16.2. The lowest BCUT2D eigenvalue weighted by molar-refractivity contribution is -0.116. The summed E-state index contributed by atoms with van der Waals surface area (Å²) >= 11 is 0. The van der Waals surface area contributed by atoms with E-state index in [2.05, 4.69) is 47.1 Å². The van der Waals surface area contributed by atoms with Crippen molar-refractivity contribution in [1.82, 2.24) is 14.9 Å². The van der Waals surface area contributed by atoms with Gasteiger partial charge in [0.25, 0.3) is 0 Å². The van der Waals surface area contributed by atoms with Crippen LogP contribution in [0.4, 0.5) is 0 Å². The van der Waals surface area contributed by atoms with E-state index in [1.165, 1.54) is 5.56 Å². The zero-order chi connectivity index (χ0) is 22.9. The number of amides is 1. The first-order valence-electron chi connectivity index (χ1n) is 11.4. The SMILES string of the molecule is CCCOc1ccc(/C=C/C(=O)NCc2nc3ccccc3n2CCc2ccccc2)cc1. The Morgan fingerprint density at radius 1 is 1.00 bits per heavy atom. The van der Waals surface area contributed by atoms with Crippen LogP contribution in [-0.2, 0) is 24.3 Å². The molecule has 0 spiro atoms. The maximum Gasteiger partial charge on any atom is 0.244 e. The number of rotatable bonds is 10. The monoisotopic (exact) mass is 439 g/mol. The predicted octanol–water partition coefficient (Wildman–Crippen LogP) is 5.40. The van der Waals surface area contributed by atoms with Gasteiger partial charge in [-0.15, -0.1) is 0 Å². The maximum absolute atomic E-state index is 12.4. The molecule has 0 unspecified atom stereocenters. The first kappa shape index (κ1) is 22.3. The number of aromatic nitrogens is 2. The van der Waals surface area contributed by atoms with E-state index in [1.54, 1.807) is 12.2 Å². The van der Waals surface area contributed by atoms with E-state index in [4.69, 9.17) is 9.72 Å². The van der Waals surface area contributed by atoms with E-state index in [-0.39, 0.29) is 5.91 Å². The summed E-state index contributed by atoms with van der Waals surface area (Å²) in [6, 6.07) is 26.2. The first-order valence-corrected chi connectivity index (χ1v) is 11.4. The van der Waals surface area contributed by atoms with Crippen LogP contribution in [0.15, 0.2) is 84.9 Å². The molecule has 4 rings (SSSR count). The molecule has 0 saturated carbocycles. The number of imidazole rings is 1. The molecule has 0 atom stereocenters. The van der Waals surface area contributed by atoms with Crippen molar-refractivity contribution >= 4 is 23.0 Å². The highest BCUT2D eigenvalue weighted by molar-refractivity contribution is 5.91. The van der Waals surface area contributed by atoms with Gasteiger partial charge in [-0.05, 0) is 54.3 Å². The van der Waals surface area contributed by atoms with Crippen LogP contribution < -0.4 is 10.1 Å². The molecule has 3 aromatic carbocycles. The molecule has 0 fully saturated rings. The van der Waals surface area contributed by atoms with Crippen molar-refractivity contribution in [2.24, 2.45) is 0 Å². The van der Waals surface area contributed by atoms with Crippen LogP contribution in [0.1, 0.15) is 30.3 Å². The van der Waals surface area contributed by atoms with Crippen molar-refractivity contribution in [2.75, 3.05) is 6.61 Å². The number of para-hydroxylation sites is 2. The van der Waals surface area contributed by atoms with Crippen molar-refractivity contribution < 1.29 is 9.53 Å². The number of nitrogens with one attached hydrogen (secondary N) is 1. The molecular formula is C28H29N3O2. The van der Waals surface area contributed by atoms with Crippen LogP contribution >= 0.6 is 0 Å². The molecule has 5 heteroatoms. The van der Waals surface area contributed by atoms with Crippen molar-refractivity contribution in [2.45, 2.75) is 32.9 Å². The molecule has 1 amide bonds. The summed E-state index contributed by atoms with van der Waals surface area (Å²) in [5, 5.41) is 2.97. The molecule has 5 nitrogen and oxygen atoms in total. The van der Waals surface area contributed by atoms with E-state index >= 15 is 0 Å². The van der Waals surface area contributed by atoms with E-state index in [0.717, 1.165) is 47.6 Å². The fourth-order valence-electron chi connectivity index (χ4n) is 3.69. The second-order valence-corrected chi connectivity index (χ2v) is 7.87. The van der Waals surface area contributed by atoms with E-state index in [9.17, 15) is 4.79 Å². The summed E-state index contributed by atoms with van der Waals surface area (Å²) < 4.78 is 7.79. The zero-order valence-electron chi connectivity index (χ0n) is 18.9. The Morgan fingerprint density at radius 3 is 2.55 bits per heavy atom. The Morgan fingerprint density at radius 2 is 1.76 bits per heavy atom. The van der Waals surface area contributed by atoms with Crippen LogP contribution in [0, 0.1) is 0 Å². The van der Waals surface area contributed by atoms with Gasteiger partial charge in [0.05, 0.1) is 24.2 Å². The fraction of sp³-hybridized carbons (Fsp3) is 0.214. The van der Waals surface area contributed by atoms with E-state index in [1.807, 2.05) is 48.5 Å². The van der Waals surface area contributed by atoms with E-state index in [0.29, 0.717) is 13.2 Å². The summed E-state index contributed by atoms with van der Waals surface area (Å²) in [7, 11) is 0. The summed E-state index contributed by atoms with van der Waals surface area (Å²) in [6.07, 6.45) is 5.23. The van der Waals surface area contributed by atoms with Gasteiger partial charge in [-0.2, -0.15) is 0 Å². The number of carbonyl (C=O) groups excluding carboxylic acids is 1. The predicted molar refractivity (Wildman–Crippen MR) is 133 cm³/mol. The van der Waals surface area contributed by atoms with Crippen LogP contribution in [0.2, 0.25) is 0 Å². The van der Waals surface area contributed by atoms with Crippen LogP contribution in [-0.4, -0.2) is 22.1 Å². The van der Waals surface area contributed by atoms with Crippen molar-refractivity contribution in [3.05, 3.63) is 102 Å². The standard InChI is InChI=1S/C28H29N3O2/c1-2-20-33-24-15-12-23(13-16-24)14-17-28(32)29-21-27-30-25-10-6-7-11-26(25)31(27)19-18-22-8-4-3-5-9-22/h3-17H,2,18-21H2,1H3,(H,29,32)/b17-14+. The Balaban J connectivity index is 1.40. The summed E-state index contributed by atoms with van der Waals surface area (Å²) in [6.45, 7) is 3.95. The lowest BCUT2D eigenvalue weighted by Gasteiger charge is -2.10. The van der Waals surface area contributed by atoms with Gasteiger partial charge in [0.1, 0.15) is 11.6 Å². The van der Waals surface area contributed by atoms with E-state index < -0.39 is 0 Å². The molecule has 168 valence electrons. The number of fused-ring (bicyclic) bond motifs is 1. The number of hydrogen-bond donors (Lipinski definition) is 1. The molecule has 33 heavy (non-hydrogen) atoms. The van der Waals surface area contributed by atoms with Crippen LogP contribution in [0.3, 0.4) is 0 Å². The second-order valence-electron chi connectivity index (χ2n) is 7.87. The number of ether oxygens (including phenoxy) is 1. The Hall–Kier alpha value is -3.86. The van der Waals surface area contributed by atoms with Gasteiger partial charge in [-0.3, -0.25) is 4.79 Å². The Kier molecular flexibility index (Phi) is 7.54. The van der Waals surface area contributed by atoms with Gasteiger partial charge in [-0.1, -0.05) is 61.5 Å². The molecule has 0 radical (unpaired) electrons. The minimum Gasteiger partial charge on any atom is -0.494 e. The lowest BCUT2D eigenvalue weighted by Crippen LogP contribution is -2.23. The third-order valence-electron chi connectivity index (χ3n) is 5.40. The van der Waals surface area contributed by atoms with Crippen molar-refractivity contribution in [3.63, 3.8) is 0 Å². The smallest absolute Gasteiger partial charge is 0.244 e. The molecule has 0 aliphatic carbocycles. The number of hydrogen-bond acceptors (Lipinski definition) is 3. The quantitative estimate of drug-likeness (QED) is 0.337. The number of benzene rings is 3. The highest BCUT2D eigenvalue weighted by Gasteiger charge is 2.11. The Labute approximate surface area is 194 Å². The normalized spacial score (nSPS) is 11.2. The molecule has 0 bridgehead atoms. The van der Waals surface area contributed by atoms with Gasteiger partial charge >= 0.3 is 0 Å². The molecule has 0 aliphatic heterocycles. The third kappa shape index (κ3) is 6.10. The zero-order valence-corrected chi connectivity index (χ0v) is 18.9. The largest absolute Gasteiger partial charge is 0.494 e. The lowest BCUT2D eigenvalue weighted by atomic mass is 10.1. The number of carbonyl (C=O) groups is 1. The van der Waals surface area contributed by atoms with Gasteiger partial charge in [0.2, 0.25) is 5.91 Å². The molecule has 1 heterocycles. The van der Waals surface area contributed by atoms with Gasteiger partial charge in [0, 0.05) is 12.6 Å². The third-order valence-corrected chi connectivity index (χ3v) is 5.40. The molecular weight excluding hydrogens is 410 g/mol. The fourth-order valence-corrected chi connectivity index (χ4v) is 3.69. The van der Waals surface area contributed by atoms with Crippen molar-refractivity contribution in [1.29, 1.82) is 0 Å². The number of nitrogens with zero attached hydrogens (tertiary/aromatic N) is 2. The topological polar surface area (TPSA) is 56.1 Å². The molecule has 0 aliphatic rings. The summed E-state index contributed by atoms with van der Waals surface area (Å²) in [4.78, 5) is 17.2. The molecule has 1 N–H and O–H groups in total. The average molecular weight is 440 g/mol. The second kappa shape index (κ2) is 11.1. The van der Waals surface area contributed by atoms with Gasteiger partial charge in [0.15, 0.2) is 0 Å². The Bertz CT molecular complexity index is 1210. The van der Waals surface area contributed by atoms with Crippen LogP contribution in [0.25, 0.3) is 17.1 Å². The minimum absolute atomic E-state index is 0.150. The molecule has 0 saturated heterocycles. The van der Waals surface area contributed by atoms with Crippen LogP contribution in [0.5, 0.6) is 5.75 Å². The number of aryl methyl sites for hydroxylation is 2. The average Bonchev–Trinajstić information content (AvgIpc) is 3.22. The highest BCUT2D eigenvalue weighted by Crippen LogP contribution is 2.17. The van der Waals surface area contributed by atoms with Gasteiger partial charge in [-0.25, -0.2) is 4.98 Å². The molecule has 1 aromatic heterocycles.